The highest BCUT2D eigenvalue weighted by atomic mass is 16.4. The molecule has 0 saturated carbocycles. The third-order valence-corrected chi connectivity index (χ3v) is 0.798. The fraction of sp³-hybridized carbons (Fsp3) is 0.125. The van der Waals surface area contributed by atoms with E-state index in [1.54, 1.807) is 6.08 Å². The van der Waals surface area contributed by atoms with Crippen molar-refractivity contribution in [2.45, 2.75) is 6.92 Å². The molecule has 0 unspecified atom stereocenters. The van der Waals surface area contributed by atoms with Gasteiger partial charge in [-0.2, -0.15) is 0 Å². The van der Waals surface area contributed by atoms with Gasteiger partial charge in [-0.25, -0.2) is 4.79 Å². The molecule has 0 aromatic carbocycles. The number of aliphatic hydroxyl groups excluding tert-OH is 1. The molecule has 0 spiro atoms. The number of hydrogen-bond acceptors (Lipinski definition) is 2. The van der Waals surface area contributed by atoms with Gasteiger partial charge in [0.2, 0.25) is 0 Å². The predicted molar refractivity (Wildman–Crippen MR) is 42.3 cm³/mol. The van der Waals surface area contributed by atoms with Crippen LogP contribution in [0.25, 0.3) is 0 Å². The lowest BCUT2D eigenvalue weighted by molar-refractivity contribution is -0.131. The fourth-order valence-corrected chi connectivity index (χ4v) is 0.397. The molecule has 0 fully saturated rings. The molecule has 0 amide bonds. The molecule has 0 aromatic rings. The minimum Gasteiger partial charge on any atom is -0.513 e. The number of carboxylic acids is 1. The molecule has 0 radical (unpaired) electrons. The Morgan fingerprint density at radius 2 is 1.82 bits per heavy atom. The van der Waals surface area contributed by atoms with Gasteiger partial charge in [0.25, 0.3) is 0 Å². The number of carboxylic acid groups (broad SMARTS) is 1. The molecule has 0 heterocycles. The summed E-state index contributed by atoms with van der Waals surface area (Å²) in [4.78, 5) is 9.91. The van der Waals surface area contributed by atoms with Crippen molar-refractivity contribution in [1.82, 2.24) is 0 Å². The summed E-state index contributed by atoms with van der Waals surface area (Å²) in [5.74, 6) is -0.802. The van der Waals surface area contributed by atoms with Crippen LogP contribution in [0.3, 0.4) is 0 Å². The van der Waals surface area contributed by atoms with Crippen molar-refractivity contribution in [1.29, 1.82) is 0 Å². The molecule has 0 saturated heterocycles. The van der Waals surface area contributed by atoms with E-state index in [9.17, 15) is 4.79 Å². The van der Waals surface area contributed by atoms with E-state index in [1.165, 1.54) is 25.2 Å². The average Bonchev–Trinajstić information content (AvgIpc) is 1.85. The van der Waals surface area contributed by atoms with Crippen LogP contribution < -0.4 is 0 Å². The average molecular weight is 154 g/mol. The highest BCUT2D eigenvalue weighted by Crippen LogP contribution is 1.85. The van der Waals surface area contributed by atoms with Gasteiger partial charge in [-0.3, -0.25) is 0 Å². The van der Waals surface area contributed by atoms with Crippen LogP contribution in [0.1, 0.15) is 6.92 Å². The molecule has 0 bridgehead atoms. The van der Waals surface area contributed by atoms with Gasteiger partial charge in [-0.15, -0.1) is 0 Å². The van der Waals surface area contributed by atoms with E-state index in [0.29, 0.717) is 0 Å². The van der Waals surface area contributed by atoms with Crippen LogP contribution in [0.5, 0.6) is 0 Å². The van der Waals surface area contributed by atoms with Crippen molar-refractivity contribution >= 4 is 5.97 Å². The van der Waals surface area contributed by atoms with E-state index in [1.807, 2.05) is 0 Å². The normalized spacial score (nSPS) is 13.0. The summed E-state index contributed by atoms with van der Waals surface area (Å²) in [6.45, 7) is 1.53. The molecule has 3 nitrogen and oxygen atoms in total. The van der Waals surface area contributed by atoms with Crippen LogP contribution in [0.4, 0.5) is 0 Å². The first-order valence-corrected chi connectivity index (χ1v) is 3.06. The highest BCUT2D eigenvalue weighted by Gasteiger charge is 1.79. The van der Waals surface area contributed by atoms with Gasteiger partial charge < -0.3 is 10.2 Å². The maximum Gasteiger partial charge on any atom is 0.328 e. The second-order valence-corrected chi connectivity index (χ2v) is 1.89. The van der Waals surface area contributed by atoms with E-state index < -0.39 is 5.97 Å². The molecular formula is C8H10O3. The summed E-state index contributed by atoms with van der Waals surface area (Å²) in [5, 5.41) is 16.8. The van der Waals surface area contributed by atoms with Crippen LogP contribution in [0.2, 0.25) is 0 Å². The zero-order valence-electron chi connectivity index (χ0n) is 6.19. The summed E-state index contributed by atoms with van der Waals surface area (Å²) < 4.78 is 0. The van der Waals surface area contributed by atoms with Gasteiger partial charge in [-0.05, 0) is 13.0 Å². The van der Waals surface area contributed by atoms with Crippen molar-refractivity contribution in [3.05, 3.63) is 36.1 Å². The minimum atomic E-state index is -0.987. The van der Waals surface area contributed by atoms with Crippen molar-refractivity contribution in [3.63, 3.8) is 0 Å². The molecule has 60 valence electrons. The number of aliphatic carboxylic acids is 1. The van der Waals surface area contributed by atoms with Crippen LogP contribution in [0.15, 0.2) is 36.1 Å². The van der Waals surface area contributed by atoms with E-state index in [-0.39, 0.29) is 5.76 Å². The van der Waals surface area contributed by atoms with E-state index in [0.717, 1.165) is 6.08 Å². The first kappa shape index (κ1) is 9.49. The van der Waals surface area contributed by atoms with Gasteiger partial charge in [0.05, 0.1) is 5.76 Å². The zero-order chi connectivity index (χ0) is 8.69. The predicted octanol–water partition coefficient (Wildman–Crippen LogP) is 1.65. The van der Waals surface area contributed by atoms with Crippen LogP contribution >= 0.6 is 0 Å². The van der Waals surface area contributed by atoms with Crippen LogP contribution in [-0.4, -0.2) is 16.2 Å². The maximum atomic E-state index is 9.91. The van der Waals surface area contributed by atoms with E-state index >= 15 is 0 Å². The van der Waals surface area contributed by atoms with Crippen molar-refractivity contribution < 1.29 is 15.0 Å². The van der Waals surface area contributed by atoms with Gasteiger partial charge in [0, 0.05) is 6.08 Å². The van der Waals surface area contributed by atoms with Gasteiger partial charge >= 0.3 is 5.97 Å². The second kappa shape index (κ2) is 5.29. The van der Waals surface area contributed by atoms with Crippen molar-refractivity contribution in [2.24, 2.45) is 0 Å². The Morgan fingerprint density at radius 1 is 1.18 bits per heavy atom. The molecule has 0 rings (SSSR count). The molecule has 2 N–H and O–H groups in total. The minimum absolute atomic E-state index is 0.185. The summed E-state index contributed by atoms with van der Waals surface area (Å²) in [6, 6.07) is 0. The Morgan fingerprint density at radius 3 is 2.27 bits per heavy atom. The number of carbonyl (C=O) groups is 1. The summed E-state index contributed by atoms with van der Waals surface area (Å²) in [5.41, 5.74) is 0. The first-order valence-electron chi connectivity index (χ1n) is 3.06. The third kappa shape index (κ3) is 8.49. The smallest absolute Gasteiger partial charge is 0.328 e. The van der Waals surface area contributed by atoms with Gasteiger partial charge in [-0.1, -0.05) is 18.2 Å². The topological polar surface area (TPSA) is 57.5 Å². The Labute approximate surface area is 65.0 Å². The Hall–Kier alpha value is -1.51. The number of rotatable bonds is 3. The Kier molecular flexibility index (Phi) is 4.56. The molecule has 0 aliphatic heterocycles. The molecule has 11 heavy (non-hydrogen) atoms. The quantitative estimate of drug-likeness (QED) is 0.369. The monoisotopic (exact) mass is 154 g/mol. The van der Waals surface area contributed by atoms with Crippen LogP contribution in [0, 0.1) is 0 Å². The molecule has 3 heteroatoms. The zero-order valence-corrected chi connectivity index (χ0v) is 6.19. The molecule has 0 aliphatic carbocycles. The van der Waals surface area contributed by atoms with Crippen LogP contribution in [-0.2, 0) is 4.79 Å². The Balaban J connectivity index is 3.78. The lowest BCUT2D eigenvalue weighted by Crippen LogP contribution is -1.84. The van der Waals surface area contributed by atoms with Gasteiger partial charge in [0.1, 0.15) is 0 Å². The fourth-order valence-electron chi connectivity index (χ4n) is 0.397. The van der Waals surface area contributed by atoms with E-state index in [2.05, 4.69) is 0 Å². The van der Waals surface area contributed by atoms with E-state index in [4.69, 9.17) is 10.2 Å². The molecule has 0 aromatic heterocycles. The largest absolute Gasteiger partial charge is 0.513 e. The lowest BCUT2D eigenvalue weighted by Gasteiger charge is -1.80. The summed E-state index contributed by atoms with van der Waals surface area (Å²) in [6.07, 6.45) is 6.92. The van der Waals surface area contributed by atoms with Crippen molar-refractivity contribution in [2.75, 3.05) is 0 Å². The lowest BCUT2D eigenvalue weighted by atomic mass is 10.4. The third-order valence-electron chi connectivity index (χ3n) is 0.798. The molecule has 0 aliphatic rings. The number of hydrogen-bond donors (Lipinski definition) is 2. The SMILES string of the molecule is CC(O)=CC=CC=CC(=O)O. The highest BCUT2D eigenvalue weighted by molar-refractivity contribution is 5.80. The van der Waals surface area contributed by atoms with Gasteiger partial charge in [0.15, 0.2) is 0 Å². The van der Waals surface area contributed by atoms with Crippen molar-refractivity contribution in [3.8, 4) is 0 Å². The first-order chi connectivity index (χ1) is 5.13. The molecule has 0 atom stereocenters. The second-order valence-electron chi connectivity index (χ2n) is 1.89. The summed E-state index contributed by atoms with van der Waals surface area (Å²) >= 11 is 0. The molecular weight excluding hydrogens is 144 g/mol. The standard InChI is InChI=1S/C8H10O3/c1-7(9)5-3-2-4-6-8(10)11/h2-6,9H,1H3,(H,10,11). The Bertz CT molecular complexity index is 207. The maximum absolute atomic E-state index is 9.91. The number of aliphatic hydroxyl groups is 1. The summed E-state index contributed by atoms with van der Waals surface area (Å²) in [7, 11) is 0. The number of allylic oxidation sites excluding steroid dienone is 5.